The second-order valence-corrected chi connectivity index (χ2v) is 7.82. The zero-order valence-corrected chi connectivity index (χ0v) is 15.3. The number of hydrogen-bond acceptors (Lipinski definition) is 3. The number of carbonyl (C=O) groups excluding carboxylic acids is 2. The maximum Gasteiger partial charge on any atom is 0.187 e. The van der Waals surface area contributed by atoms with Crippen LogP contribution in [0.5, 0.6) is 0 Å². The average molecular weight is 376 g/mol. The predicted molar refractivity (Wildman–Crippen MR) is 105 cm³/mol. The summed E-state index contributed by atoms with van der Waals surface area (Å²) in [6, 6.07) is 14.7. The van der Waals surface area contributed by atoms with Gasteiger partial charge in [-0.05, 0) is 42.2 Å². The van der Waals surface area contributed by atoms with Crippen LogP contribution in [-0.2, 0) is 0 Å². The molecule has 0 spiro atoms. The smallest absolute Gasteiger partial charge is 0.187 e. The van der Waals surface area contributed by atoms with Crippen LogP contribution in [0.2, 0.25) is 5.02 Å². The molecule has 4 unspecified atom stereocenters. The van der Waals surface area contributed by atoms with Gasteiger partial charge in [0.1, 0.15) is 0 Å². The van der Waals surface area contributed by atoms with Crippen molar-refractivity contribution in [1.82, 2.24) is 4.90 Å². The Kier molecular flexibility index (Phi) is 3.80. The van der Waals surface area contributed by atoms with Gasteiger partial charge >= 0.3 is 0 Å². The summed E-state index contributed by atoms with van der Waals surface area (Å²) in [5.74, 6) is 0.683. The van der Waals surface area contributed by atoms with Gasteiger partial charge in [0.05, 0.1) is 12.1 Å². The van der Waals surface area contributed by atoms with E-state index in [0.29, 0.717) is 16.5 Å². The van der Waals surface area contributed by atoms with E-state index in [9.17, 15) is 9.59 Å². The SMILES string of the molecule is O=C(C=CN1C2C(=O)c3ccccc3C1C1C=CCC12)c1ccc(Cl)cc1. The second-order valence-electron chi connectivity index (χ2n) is 7.38. The third kappa shape index (κ3) is 2.49. The first-order valence-electron chi connectivity index (χ1n) is 9.20. The maximum absolute atomic E-state index is 13.2. The van der Waals surface area contributed by atoms with Crippen LogP contribution < -0.4 is 0 Å². The summed E-state index contributed by atoms with van der Waals surface area (Å²) in [6.07, 6.45) is 8.76. The highest BCUT2D eigenvalue weighted by atomic mass is 35.5. The molecule has 5 rings (SSSR count). The van der Waals surface area contributed by atoms with Crippen molar-refractivity contribution < 1.29 is 9.59 Å². The van der Waals surface area contributed by atoms with Crippen LogP contribution in [0.25, 0.3) is 0 Å². The van der Waals surface area contributed by atoms with E-state index < -0.39 is 0 Å². The van der Waals surface area contributed by atoms with Crippen molar-refractivity contribution in [3.63, 3.8) is 0 Å². The first-order chi connectivity index (χ1) is 13.1. The van der Waals surface area contributed by atoms with Gasteiger partial charge in [0.25, 0.3) is 0 Å². The monoisotopic (exact) mass is 375 g/mol. The van der Waals surface area contributed by atoms with E-state index in [4.69, 9.17) is 11.6 Å². The quantitative estimate of drug-likeness (QED) is 0.437. The number of ketones is 2. The summed E-state index contributed by atoms with van der Waals surface area (Å²) in [6.45, 7) is 0. The molecule has 2 heterocycles. The average Bonchev–Trinajstić information content (AvgIpc) is 3.24. The Bertz CT molecular complexity index is 992. The highest BCUT2D eigenvalue weighted by molar-refractivity contribution is 6.30. The van der Waals surface area contributed by atoms with Gasteiger partial charge in [-0.3, -0.25) is 9.59 Å². The largest absolute Gasteiger partial charge is 0.359 e. The lowest BCUT2D eigenvalue weighted by Gasteiger charge is -2.36. The van der Waals surface area contributed by atoms with Gasteiger partial charge in [0.15, 0.2) is 11.6 Å². The lowest BCUT2D eigenvalue weighted by atomic mass is 9.90. The topological polar surface area (TPSA) is 37.4 Å². The number of Topliss-reactive ketones (excluding diaryl/α,β-unsaturated/α-hetero) is 1. The van der Waals surface area contributed by atoms with Crippen molar-refractivity contribution in [2.75, 3.05) is 0 Å². The van der Waals surface area contributed by atoms with Gasteiger partial charge in [0.2, 0.25) is 0 Å². The Morgan fingerprint density at radius 3 is 2.67 bits per heavy atom. The summed E-state index contributed by atoms with van der Waals surface area (Å²) in [5, 5.41) is 0.603. The van der Waals surface area contributed by atoms with Gasteiger partial charge in [0, 0.05) is 34.3 Å². The summed E-state index contributed by atoms with van der Waals surface area (Å²) in [7, 11) is 0. The molecule has 27 heavy (non-hydrogen) atoms. The Morgan fingerprint density at radius 1 is 1.07 bits per heavy atom. The lowest BCUT2D eigenvalue weighted by Crippen LogP contribution is -2.41. The number of benzene rings is 2. The van der Waals surface area contributed by atoms with E-state index in [1.54, 1.807) is 30.3 Å². The molecule has 0 saturated carbocycles. The van der Waals surface area contributed by atoms with E-state index in [0.717, 1.165) is 17.5 Å². The first kappa shape index (κ1) is 16.5. The normalized spacial score (nSPS) is 27.9. The van der Waals surface area contributed by atoms with Crippen molar-refractivity contribution >= 4 is 23.2 Å². The standard InChI is InChI=1S/C23H18ClNO2/c24-15-10-8-14(9-11-15)20(26)12-13-25-21-16-6-3-7-17(16)22(25)23(27)19-5-2-1-4-18(19)21/h1-6,8-13,16-17,21-22H,7H2. The molecule has 0 aromatic heterocycles. The lowest BCUT2D eigenvalue weighted by molar-refractivity contribution is 0.0828. The van der Waals surface area contributed by atoms with E-state index in [2.05, 4.69) is 17.1 Å². The second kappa shape index (κ2) is 6.21. The number of allylic oxidation sites excluding steroid dienone is 2. The minimum absolute atomic E-state index is 0.0851. The number of nitrogens with zero attached hydrogens (tertiary/aromatic N) is 1. The van der Waals surface area contributed by atoms with Crippen LogP contribution in [-0.4, -0.2) is 22.5 Å². The number of carbonyl (C=O) groups is 2. The molecule has 4 atom stereocenters. The number of rotatable bonds is 3. The zero-order valence-electron chi connectivity index (χ0n) is 14.6. The Morgan fingerprint density at radius 2 is 1.85 bits per heavy atom. The van der Waals surface area contributed by atoms with Gasteiger partial charge < -0.3 is 4.90 Å². The molecule has 3 aliphatic rings. The van der Waals surface area contributed by atoms with Crippen LogP contribution in [0.1, 0.15) is 38.7 Å². The minimum atomic E-state index is -0.195. The predicted octanol–water partition coefficient (Wildman–Crippen LogP) is 4.85. The van der Waals surface area contributed by atoms with Crippen molar-refractivity contribution in [1.29, 1.82) is 0 Å². The molecule has 2 aliphatic heterocycles. The van der Waals surface area contributed by atoms with Gasteiger partial charge in [-0.25, -0.2) is 0 Å². The van der Waals surface area contributed by atoms with Crippen LogP contribution in [0.3, 0.4) is 0 Å². The van der Waals surface area contributed by atoms with Crippen molar-refractivity contribution in [3.05, 3.63) is 94.7 Å². The Hall–Kier alpha value is -2.65. The fraction of sp³-hybridized carbons (Fsp3) is 0.217. The highest BCUT2D eigenvalue weighted by Crippen LogP contribution is 2.54. The summed E-state index contributed by atoms with van der Waals surface area (Å²) in [4.78, 5) is 27.8. The number of halogens is 1. The summed E-state index contributed by atoms with van der Waals surface area (Å²) < 4.78 is 0. The Balaban J connectivity index is 1.51. The maximum atomic E-state index is 13.2. The van der Waals surface area contributed by atoms with E-state index in [-0.39, 0.29) is 29.6 Å². The molecule has 1 fully saturated rings. The van der Waals surface area contributed by atoms with Crippen molar-refractivity contribution in [2.45, 2.75) is 18.5 Å². The van der Waals surface area contributed by atoms with Crippen molar-refractivity contribution in [2.24, 2.45) is 11.8 Å². The molecule has 134 valence electrons. The van der Waals surface area contributed by atoms with Gasteiger partial charge in [-0.15, -0.1) is 0 Å². The van der Waals surface area contributed by atoms with Crippen molar-refractivity contribution in [3.8, 4) is 0 Å². The molecule has 2 aromatic carbocycles. The molecule has 2 aromatic rings. The molecule has 1 aliphatic carbocycles. The Labute approximate surface area is 162 Å². The molecule has 4 heteroatoms. The summed E-state index contributed by atoms with van der Waals surface area (Å²) >= 11 is 5.90. The van der Waals surface area contributed by atoms with Crippen LogP contribution in [0.4, 0.5) is 0 Å². The van der Waals surface area contributed by atoms with Crippen LogP contribution in [0.15, 0.2) is 73.0 Å². The first-order valence-corrected chi connectivity index (χ1v) is 9.58. The fourth-order valence-electron chi connectivity index (χ4n) is 4.85. The van der Waals surface area contributed by atoms with Crippen LogP contribution >= 0.6 is 11.6 Å². The fourth-order valence-corrected chi connectivity index (χ4v) is 4.98. The molecular formula is C23H18ClNO2. The highest BCUT2D eigenvalue weighted by Gasteiger charge is 2.55. The molecule has 1 saturated heterocycles. The minimum Gasteiger partial charge on any atom is -0.359 e. The molecular weight excluding hydrogens is 358 g/mol. The van der Waals surface area contributed by atoms with E-state index in [1.807, 2.05) is 30.5 Å². The number of hydrogen-bond donors (Lipinski definition) is 0. The van der Waals surface area contributed by atoms with Gasteiger partial charge in [-0.2, -0.15) is 0 Å². The van der Waals surface area contributed by atoms with E-state index >= 15 is 0 Å². The number of fused-ring (bicyclic) bond motifs is 7. The molecule has 2 bridgehead atoms. The molecule has 0 N–H and O–H groups in total. The van der Waals surface area contributed by atoms with E-state index in [1.165, 1.54) is 0 Å². The van der Waals surface area contributed by atoms with Gasteiger partial charge in [-0.1, -0.05) is 48.0 Å². The zero-order chi connectivity index (χ0) is 18.5. The molecule has 3 nitrogen and oxygen atoms in total. The molecule has 0 radical (unpaired) electrons. The molecule has 0 amide bonds. The van der Waals surface area contributed by atoms with Crippen LogP contribution in [0, 0.1) is 11.8 Å². The summed E-state index contributed by atoms with van der Waals surface area (Å²) in [5.41, 5.74) is 2.50. The third-order valence-corrected chi connectivity index (χ3v) is 6.27. The third-order valence-electron chi connectivity index (χ3n) is 6.01.